The van der Waals surface area contributed by atoms with Gasteiger partial charge in [-0.1, -0.05) is 48.5 Å². The summed E-state index contributed by atoms with van der Waals surface area (Å²) in [7, 11) is 0. The van der Waals surface area contributed by atoms with E-state index in [1.54, 1.807) is 17.0 Å². The van der Waals surface area contributed by atoms with Crippen LogP contribution in [0, 0.1) is 6.92 Å². The first-order valence-corrected chi connectivity index (χ1v) is 10.1. The van der Waals surface area contributed by atoms with Crippen LogP contribution in [0.3, 0.4) is 0 Å². The normalized spacial score (nSPS) is 16.0. The van der Waals surface area contributed by atoms with Crippen molar-refractivity contribution >= 4 is 23.4 Å². The molecule has 1 aliphatic rings. The fourth-order valence-electron chi connectivity index (χ4n) is 3.32. The van der Waals surface area contributed by atoms with E-state index in [1.165, 1.54) is 0 Å². The summed E-state index contributed by atoms with van der Waals surface area (Å²) in [5.41, 5.74) is 2.54. The van der Waals surface area contributed by atoms with Gasteiger partial charge in [0.05, 0.1) is 13.2 Å². The van der Waals surface area contributed by atoms with Gasteiger partial charge in [-0.3, -0.25) is 14.4 Å². The van der Waals surface area contributed by atoms with Gasteiger partial charge in [0, 0.05) is 25.2 Å². The van der Waals surface area contributed by atoms with Crippen molar-refractivity contribution in [1.82, 2.24) is 10.2 Å². The Hall–Kier alpha value is -3.19. The van der Waals surface area contributed by atoms with Gasteiger partial charge < -0.3 is 20.3 Å². The molecule has 7 heteroatoms. The highest BCUT2D eigenvalue weighted by Crippen LogP contribution is 2.22. The zero-order valence-electron chi connectivity index (χ0n) is 17.1. The predicted octanol–water partition coefficient (Wildman–Crippen LogP) is 2.43. The van der Waals surface area contributed by atoms with Crippen LogP contribution in [0.1, 0.15) is 30.1 Å². The van der Waals surface area contributed by atoms with Crippen molar-refractivity contribution in [3.63, 3.8) is 0 Å². The lowest BCUT2D eigenvalue weighted by Gasteiger charge is -2.33. The maximum absolute atomic E-state index is 12.5. The van der Waals surface area contributed by atoms with Crippen LogP contribution in [0.5, 0.6) is 0 Å². The molecule has 2 N–H and O–H groups in total. The maximum atomic E-state index is 12.5. The third kappa shape index (κ3) is 5.90. The van der Waals surface area contributed by atoms with Crippen molar-refractivity contribution < 1.29 is 19.1 Å². The van der Waals surface area contributed by atoms with Gasteiger partial charge in [-0.2, -0.15) is 0 Å². The Morgan fingerprint density at radius 2 is 1.77 bits per heavy atom. The number of rotatable bonds is 6. The number of hydrogen-bond donors (Lipinski definition) is 2. The largest absolute Gasteiger partial charge is 0.370 e. The molecule has 1 atom stereocenters. The highest BCUT2D eigenvalue weighted by atomic mass is 16.5. The molecule has 2 aromatic carbocycles. The van der Waals surface area contributed by atoms with Crippen LogP contribution >= 0.6 is 0 Å². The first kappa shape index (κ1) is 21.5. The number of anilines is 1. The van der Waals surface area contributed by atoms with Crippen LogP contribution < -0.4 is 10.6 Å². The molecule has 2 aromatic rings. The minimum absolute atomic E-state index is 0.0258. The van der Waals surface area contributed by atoms with Gasteiger partial charge in [0.25, 0.3) is 0 Å². The molecule has 0 radical (unpaired) electrons. The molecule has 3 rings (SSSR count). The van der Waals surface area contributed by atoms with Crippen molar-refractivity contribution in [3.05, 3.63) is 65.7 Å². The van der Waals surface area contributed by atoms with Gasteiger partial charge in [-0.05, 0) is 30.5 Å². The Bertz CT molecular complexity index is 885. The summed E-state index contributed by atoms with van der Waals surface area (Å²) in [4.78, 5) is 38.3. The Morgan fingerprint density at radius 1 is 1.03 bits per heavy atom. The lowest BCUT2D eigenvalue weighted by molar-refractivity contribution is -0.139. The maximum Gasteiger partial charge on any atom is 0.313 e. The summed E-state index contributed by atoms with van der Waals surface area (Å²) < 4.78 is 5.79. The number of hydrogen-bond acceptors (Lipinski definition) is 4. The lowest BCUT2D eigenvalue weighted by atomic mass is 10.1. The smallest absolute Gasteiger partial charge is 0.313 e. The molecule has 0 saturated carbocycles. The highest BCUT2D eigenvalue weighted by molar-refractivity contribution is 6.39. The van der Waals surface area contributed by atoms with Crippen LogP contribution in [-0.4, -0.2) is 48.9 Å². The van der Waals surface area contributed by atoms with Crippen molar-refractivity contribution in [2.24, 2.45) is 0 Å². The van der Waals surface area contributed by atoms with Crippen LogP contribution in [0.4, 0.5) is 5.69 Å². The Kier molecular flexibility index (Phi) is 7.57. The second-order valence-corrected chi connectivity index (χ2v) is 7.24. The monoisotopic (exact) mass is 409 g/mol. The van der Waals surface area contributed by atoms with E-state index in [-0.39, 0.29) is 18.6 Å². The molecule has 1 unspecified atom stereocenters. The number of amides is 3. The summed E-state index contributed by atoms with van der Waals surface area (Å²) in [6, 6.07) is 17.1. The molecule has 0 bridgehead atoms. The number of carbonyl (C=O) groups is 3. The predicted molar refractivity (Wildman–Crippen MR) is 114 cm³/mol. The minimum atomic E-state index is -0.713. The molecule has 0 spiro atoms. The van der Waals surface area contributed by atoms with Crippen molar-refractivity contribution in [2.75, 3.05) is 31.6 Å². The number of para-hydroxylation sites is 1. The second kappa shape index (κ2) is 10.5. The van der Waals surface area contributed by atoms with E-state index >= 15 is 0 Å². The van der Waals surface area contributed by atoms with E-state index in [2.05, 4.69) is 10.6 Å². The van der Waals surface area contributed by atoms with Crippen LogP contribution in [0.25, 0.3) is 0 Å². The van der Waals surface area contributed by atoms with Gasteiger partial charge in [0.2, 0.25) is 5.91 Å². The minimum Gasteiger partial charge on any atom is -0.370 e. The molecule has 3 amide bonds. The number of nitrogens with zero attached hydrogens (tertiary/aromatic N) is 1. The average Bonchev–Trinajstić information content (AvgIpc) is 2.78. The molecular formula is C23H27N3O4. The topological polar surface area (TPSA) is 87.7 Å². The van der Waals surface area contributed by atoms with E-state index in [9.17, 15) is 14.4 Å². The standard InChI is InChI=1S/C23H27N3O4/c1-17-8-5-6-11-19(17)25-23(29)22(28)24-13-7-12-21(27)26-14-15-30-20(16-26)18-9-3-2-4-10-18/h2-6,8-11,20H,7,12-16H2,1H3,(H,24,28)(H,25,29). The molecule has 158 valence electrons. The number of aryl methyl sites for hydroxylation is 1. The van der Waals surface area contributed by atoms with Gasteiger partial charge in [0.1, 0.15) is 6.10 Å². The number of benzene rings is 2. The first-order chi connectivity index (χ1) is 14.5. The second-order valence-electron chi connectivity index (χ2n) is 7.24. The summed E-state index contributed by atoms with van der Waals surface area (Å²) >= 11 is 0. The third-order valence-corrected chi connectivity index (χ3v) is 5.04. The van der Waals surface area contributed by atoms with Crippen LogP contribution in [0.15, 0.2) is 54.6 Å². The number of carbonyl (C=O) groups excluding carboxylic acids is 3. The van der Waals surface area contributed by atoms with Gasteiger partial charge >= 0.3 is 11.8 Å². The SMILES string of the molecule is Cc1ccccc1NC(=O)C(=O)NCCCC(=O)N1CCOC(c2ccccc2)C1. The molecule has 1 saturated heterocycles. The Labute approximate surface area is 176 Å². The molecule has 1 heterocycles. The lowest BCUT2D eigenvalue weighted by Crippen LogP contribution is -2.42. The summed E-state index contributed by atoms with van der Waals surface area (Å²) in [5, 5.41) is 5.16. The molecular weight excluding hydrogens is 382 g/mol. The van der Waals surface area contributed by atoms with Gasteiger partial charge in [0.15, 0.2) is 0 Å². The van der Waals surface area contributed by atoms with Crippen molar-refractivity contribution in [3.8, 4) is 0 Å². The Morgan fingerprint density at radius 3 is 2.53 bits per heavy atom. The van der Waals surface area contributed by atoms with Crippen LogP contribution in [-0.2, 0) is 19.1 Å². The number of nitrogens with one attached hydrogen (secondary N) is 2. The van der Waals surface area contributed by atoms with E-state index in [0.29, 0.717) is 38.2 Å². The molecule has 7 nitrogen and oxygen atoms in total. The fourth-order valence-corrected chi connectivity index (χ4v) is 3.32. The Balaban J connectivity index is 1.38. The summed E-state index contributed by atoms with van der Waals surface area (Å²) in [5.74, 6) is -1.39. The van der Waals surface area contributed by atoms with Gasteiger partial charge in [-0.25, -0.2) is 0 Å². The number of ether oxygens (including phenoxy) is 1. The summed E-state index contributed by atoms with van der Waals surface area (Å²) in [6.45, 7) is 3.70. The van der Waals surface area contributed by atoms with E-state index in [0.717, 1.165) is 11.1 Å². The molecule has 1 aliphatic heterocycles. The first-order valence-electron chi connectivity index (χ1n) is 10.1. The zero-order chi connectivity index (χ0) is 21.3. The zero-order valence-corrected chi connectivity index (χ0v) is 17.1. The van der Waals surface area contributed by atoms with E-state index in [4.69, 9.17) is 4.74 Å². The third-order valence-electron chi connectivity index (χ3n) is 5.04. The van der Waals surface area contributed by atoms with Crippen LogP contribution in [0.2, 0.25) is 0 Å². The van der Waals surface area contributed by atoms with Crippen molar-refractivity contribution in [1.29, 1.82) is 0 Å². The van der Waals surface area contributed by atoms with Crippen molar-refractivity contribution in [2.45, 2.75) is 25.9 Å². The highest BCUT2D eigenvalue weighted by Gasteiger charge is 2.25. The fraction of sp³-hybridized carbons (Fsp3) is 0.348. The molecule has 0 aliphatic carbocycles. The number of morpholine rings is 1. The quantitative estimate of drug-likeness (QED) is 0.567. The molecule has 0 aromatic heterocycles. The van der Waals surface area contributed by atoms with Gasteiger partial charge in [-0.15, -0.1) is 0 Å². The summed E-state index contributed by atoms with van der Waals surface area (Å²) in [6.07, 6.45) is 0.658. The van der Waals surface area contributed by atoms with E-state index in [1.807, 2.05) is 49.4 Å². The molecule has 1 fully saturated rings. The molecule has 30 heavy (non-hydrogen) atoms. The average molecular weight is 409 g/mol. The van der Waals surface area contributed by atoms with E-state index < -0.39 is 11.8 Å².